The first kappa shape index (κ1) is 15.4. The van der Waals surface area contributed by atoms with Crippen molar-refractivity contribution in [1.29, 1.82) is 0 Å². The van der Waals surface area contributed by atoms with E-state index in [0.29, 0.717) is 11.3 Å². The lowest BCUT2D eigenvalue weighted by atomic mass is 10.1. The van der Waals surface area contributed by atoms with E-state index in [4.69, 9.17) is 4.74 Å². The van der Waals surface area contributed by atoms with Gasteiger partial charge in [0.05, 0.1) is 7.11 Å². The molecule has 2 unspecified atom stereocenters. The Morgan fingerprint density at radius 1 is 1.17 bits per heavy atom. The number of thioether (sulfide) groups is 1. The smallest absolute Gasteiger partial charge is 0.118 e. The second-order valence-electron chi connectivity index (χ2n) is 4.90. The van der Waals surface area contributed by atoms with E-state index in [0.717, 1.165) is 17.4 Å². The molecule has 1 aromatic carbocycles. The van der Waals surface area contributed by atoms with Gasteiger partial charge in [-0.05, 0) is 30.7 Å². The van der Waals surface area contributed by atoms with Crippen LogP contribution in [0.1, 0.15) is 32.4 Å². The highest BCUT2D eigenvalue weighted by molar-refractivity contribution is 7.99. The molecule has 18 heavy (non-hydrogen) atoms. The summed E-state index contributed by atoms with van der Waals surface area (Å²) in [6.45, 7) is 6.86. The van der Waals surface area contributed by atoms with Gasteiger partial charge in [-0.15, -0.1) is 0 Å². The van der Waals surface area contributed by atoms with Gasteiger partial charge < -0.3 is 10.1 Å². The summed E-state index contributed by atoms with van der Waals surface area (Å²) in [5, 5.41) is 4.08. The molecule has 0 amide bonds. The minimum Gasteiger partial charge on any atom is -0.497 e. The van der Waals surface area contributed by atoms with E-state index in [-0.39, 0.29) is 0 Å². The Kier molecular flexibility index (Phi) is 6.58. The van der Waals surface area contributed by atoms with E-state index in [1.54, 1.807) is 7.11 Å². The molecule has 0 spiro atoms. The van der Waals surface area contributed by atoms with E-state index >= 15 is 0 Å². The fourth-order valence-corrected chi connectivity index (χ4v) is 2.86. The first-order valence-corrected chi connectivity index (χ1v) is 7.56. The van der Waals surface area contributed by atoms with Crippen LogP contribution in [-0.2, 0) is 0 Å². The van der Waals surface area contributed by atoms with Crippen molar-refractivity contribution in [1.82, 2.24) is 5.32 Å². The second-order valence-corrected chi connectivity index (χ2v) is 6.31. The summed E-state index contributed by atoms with van der Waals surface area (Å²) >= 11 is 2.03. The van der Waals surface area contributed by atoms with E-state index < -0.39 is 0 Å². The Bertz CT molecular complexity index is 337. The molecular formula is C15H25NOS. The number of benzene rings is 1. The van der Waals surface area contributed by atoms with Crippen molar-refractivity contribution in [3.05, 3.63) is 29.8 Å². The van der Waals surface area contributed by atoms with Crippen LogP contribution >= 0.6 is 11.8 Å². The maximum Gasteiger partial charge on any atom is 0.118 e. The molecule has 2 nitrogen and oxygen atoms in total. The SMILES string of the molecule is CNC(CSC(C)C(C)C)c1ccc(OC)cc1. The Morgan fingerprint density at radius 3 is 2.22 bits per heavy atom. The van der Waals surface area contributed by atoms with Crippen LogP contribution in [0.2, 0.25) is 0 Å². The number of hydrogen-bond donors (Lipinski definition) is 1. The maximum atomic E-state index is 5.19. The standard InChI is InChI=1S/C15H25NOS/c1-11(2)12(3)18-10-15(16-4)13-6-8-14(17-5)9-7-13/h6-9,11-12,15-16H,10H2,1-5H3. The van der Waals surface area contributed by atoms with E-state index in [9.17, 15) is 0 Å². The average Bonchev–Trinajstić information content (AvgIpc) is 2.39. The summed E-state index contributed by atoms with van der Waals surface area (Å²) in [5.41, 5.74) is 1.32. The molecule has 0 aliphatic heterocycles. The number of rotatable bonds is 7. The Balaban J connectivity index is 2.59. The summed E-state index contributed by atoms with van der Waals surface area (Å²) in [7, 11) is 3.72. The average molecular weight is 267 g/mol. The van der Waals surface area contributed by atoms with Crippen LogP contribution in [-0.4, -0.2) is 25.2 Å². The van der Waals surface area contributed by atoms with Gasteiger partial charge in [-0.25, -0.2) is 0 Å². The van der Waals surface area contributed by atoms with Gasteiger partial charge in [0.15, 0.2) is 0 Å². The van der Waals surface area contributed by atoms with Crippen molar-refractivity contribution in [2.45, 2.75) is 32.1 Å². The Labute approximate surface area is 116 Å². The molecule has 0 radical (unpaired) electrons. The lowest BCUT2D eigenvalue weighted by Crippen LogP contribution is -2.20. The summed E-state index contributed by atoms with van der Waals surface area (Å²) in [5.74, 6) is 2.74. The molecule has 2 atom stereocenters. The van der Waals surface area contributed by atoms with E-state index in [2.05, 4.69) is 38.2 Å². The third-order valence-electron chi connectivity index (χ3n) is 3.33. The Morgan fingerprint density at radius 2 is 1.78 bits per heavy atom. The van der Waals surface area contributed by atoms with Crippen molar-refractivity contribution >= 4 is 11.8 Å². The molecule has 0 bridgehead atoms. The predicted octanol–water partition coefficient (Wildman–Crippen LogP) is 3.73. The minimum absolute atomic E-state index is 0.405. The van der Waals surface area contributed by atoms with E-state index in [1.165, 1.54) is 5.56 Å². The molecular weight excluding hydrogens is 242 g/mol. The van der Waals surface area contributed by atoms with Gasteiger partial charge in [-0.1, -0.05) is 32.9 Å². The molecule has 0 aliphatic rings. The predicted molar refractivity (Wildman–Crippen MR) is 81.6 cm³/mol. The molecule has 0 aromatic heterocycles. The lowest BCUT2D eigenvalue weighted by molar-refractivity contribution is 0.414. The molecule has 102 valence electrons. The van der Waals surface area contributed by atoms with Crippen molar-refractivity contribution in [3.63, 3.8) is 0 Å². The van der Waals surface area contributed by atoms with Gasteiger partial charge >= 0.3 is 0 Å². The highest BCUT2D eigenvalue weighted by atomic mass is 32.2. The zero-order chi connectivity index (χ0) is 13.5. The topological polar surface area (TPSA) is 21.3 Å². The third kappa shape index (κ3) is 4.54. The third-order valence-corrected chi connectivity index (χ3v) is 4.93. The zero-order valence-corrected chi connectivity index (χ0v) is 12.9. The van der Waals surface area contributed by atoms with Gasteiger partial charge in [0, 0.05) is 17.0 Å². The fraction of sp³-hybridized carbons (Fsp3) is 0.600. The van der Waals surface area contributed by atoms with Crippen LogP contribution < -0.4 is 10.1 Å². The number of ether oxygens (including phenoxy) is 1. The van der Waals surface area contributed by atoms with Crippen molar-refractivity contribution < 1.29 is 4.74 Å². The zero-order valence-electron chi connectivity index (χ0n) is 12.1. The van der Waals surface area contributed by atoms with Crippen LogP contribution in [0, 0.1) is 5.92 Å². The van der Waals surface area contributed by atoms with Crippen molar-refractivity contribution in [3.8, 4) is 5.75 Å². The minimum atomic E-state index is 0.405. The fourth-order valence-electron chi connectivity index (χ4n) is 1.62. The number of hydrogen-bond acceptors (Lipinski definition) is 3. The van der Waals surface area contributed by atoms with Crippen molar-refractivity contribution in [2.75, 3.05) is 19.9 Å². The van der Waals surface area contributed by atoms with Crippen LogP contribution in [0.25, 0.3) is 0 Å². The van der Waals surface area contributed by atoms with Gasteiger partial charge in [-0.2, -0.15) is 11.8 Å². The highest BCUT2D eigenvalue weighted by Crippen LogP contribution is 2.25. The van der Waals surface area contributed by atoms with Gasteiger partial charge in [0.1, 0.15) is 5.75 Å². The summed E-state index contributed by atoms with van der Waals surface area (Å²) < 4.78 is 5.19. The van der Waals surface area contributed by atoms with Gasteiger partial charge in [0.25, 0.3) is 0 Å². The molecule has 1 aromatic rings. The lowest BCUT2D eigenvalue weighted by Gasteiger charge is -2.21. The molecule has 0 heterocycles. The summed E-state index contributed by atoms with van der Waals surface area (Å²) in [4.78, 5) is 0. The van der Waals surface area contributed by atoms with Crippen LogP contribution in [0.4, 0.5) is 0 Å². The molecule has 0 saturated heterocycles. The quantitative estimate of drug-likeness (QED) is 0.813. The Hall–Kier alpha value is -0.670. The molecule has 1 N–H and O–H groups in total. The van der Waals surface area contributed by atoms with Crippen LogP contribution in [0.5, 0.6) is 5.75 Å². The summed E-state index contributed by atoms with van der Waals surface area (Å²) in [6, 6.07) is 8.73. The van der Waals surface area contributed by atoms with Crippen molar-refractivity contribution in [2.24, 2.45) is 5.92 Å². The molecule has 3 heteroatoms. The largest absolute Gasteiger partial charge is 0.497 e. The highest BCUT2D eigenvalue weighted by Gasteiger charge is 2.13. The molecule has 0 saturated carbocycles. The first-order valence-electron chi connectivity index (χ1n) is 6.51. The molecule has 0 fully saturated rings. The molecule has 0 aliphatic carbocycles. The van der Waals surface area contributed by atoms with Gasteiger partial charge in [-0.3, -0.25) is 0 Å². The second kappa shape index (κ2) is 7.70. The maximum absolute atomic E-state index is 5.19. The molecule has 1 rings (SSSR count). The first-order chi connectivity index (χ1) is 8.58. The van der Waals surface area contributed by atoms with Crippen LogP contribution in [0.3, 0.4) is 0 Å². The summed E-state index contributed by atoms with van der Waals surface area (Å²) in [6.07, 6.45) is 0. The normalized spacial score (nSPS) is 14.6. The number of methoxy groups -OCH3 is 1. The van der Waals surface area contributed by atoms with Gasteiger partial charge in [0.2, 0.25) is 0 Å². The van der Waals surface area contributed by atoms with Crippen LogP contribution in [0.15, 0.2) is 24.3 Å². The number of nitrogens with one attached hydrogen (secondary N) is 1. The monoisotopic (exact) mass is 267 g/mol. The van der Waals surface area contributed by atoms with E-state index in [1.807, 2.05) is 30.9 Å².